The lowest BCUT2D eigenvalue weighted by Crippen LogP contribution is -2.16. The topological polar surface area (TPSA) is 88.2 Å². The Morgan fingerprint density at radius 1 is 1.40 bits per heavy atom. The van der Waals surface area contributed by atoms with E-state index in [1.165, 1.54) is 0 Å². The largest absolute Gasteiger partial charge is 0.419 e. The van der Waals surface area contributed by atoms with Crippen LogP contribution in [0.2, 0.25) is 0 Å². The number of aromatic nitrogens is 1. The Kier molecular flexibility index (Phi) is 4.01. The van der Waals surface area contributed by atoms with Crippen LogP contribution in [0.25, 0.3) is 0 Å². The van der Waals surface area contributed by atoms with Gasteiger partial charge in [0, 0.05) is 11.6 Å². The fourth-order valence-electron chi connectivity index (χ4n) is 1.60. The third kappa shape index (κ3) is 2.95. The summed E-state index contributed by atoms with van der Waals surface area (Å²) in [5, 5.41) is 15.3. The molecule has 0 fully saturated rings. The molecule has 0 atom stereocenters. The molecule has 1 amide bonds. The zero-order chi connectivity index (χ0) is 14.5. The van der Waals surface area contributed by atoms with E-state index in [-0.39, 0.29) is 17.4 Å². The monoisotopic (exact) mass is 271 g/mol. The van der Waals surface area contributed by atoms with E-state index < -0.39 is 6.09 Å². The minimum atomic E-state index is -0.737. The maximum absolute atomic E-state index is 11.7. The number of nitriles is 1. The Morgan fingerprint density at radius 2 is 2.10 bits per heavy atom. The fourth-order valence-corrected chi connectivity index (χ4v) is 1.60. The highest BCUT2D eigenvalue weighted by Crippen LogP contribution is 2.26. The van der Waals surface area contributed by atoms with Gasteiger partial charge in [0.15, 0.2) is 5.56 Å². The Morgan fingerprint density at radius 3 is 2.70 bits per heavy atom. The van der Waals surface area contributed by atoms with Gasteiger partial charge < -0.3 is 9.26 Å². The molecule has 0 unspecified atom stereocenters. The molecule has 0 saturated carbocycles. The van der Waals surface area contributed by atoms with Crippen LogP contribution in [0, 0.1) is 11.3 Å². The maximum Gasteiger partial charge on any atom is 0.419 e. The van der Waals surface area contributed by atoms with Crippen LogP contribution in [-0.2, 0) is 0 Å². The Labute approximate surface area is 115 Å². The van der Waals surface area contributed by atoms with E-state index >= 15 is 0 Å². The summed E-state index contributed by atoms with van der Waals surface area (Å²) < 4.78 is 9.87. The molecule has 0 saturated heterocycles. The van der Waals surface area contributed by atoms with Gasteiger partial charge in [-0.05, 0) is 12.1 Å². The molecule has 0 aliphatic carbocycles. The fraction of sp³-hybridized carbons (Fsp3) is 0.214. The molecule has 0 aliphatic heterocycles. The minimum absolute atomic E-state index is 0.00272. The number of ether oxygens (including phenoxy) is 1. The van der Waals surface area contributed by atoms with Crippen molar-refractivity contribution in [3.05, 3.63) is 41.6 Å². The van der Waals surface area contributed by atoms with Crippen molar-refractivity contribution in [2.45, 2.75) is 19.8 Å². The van der Waals surface area contributed by atoms with E-state index in [0.717, 1.165) is 0 Å². The zero-order valence-electron chi connectivity index (χ0n) is 11.1. The number of benzene rings is 1. The molecule has 0 bridgehead atoms. The van der Waals surface area contributed by atoms with E-state index in [9.17, 15) is 4.79 Å². The van der Waals surface area contributed by atoms with Crippen molar-refractivity contribution in [3.63, 3.8) is 0 Å². The van der Waals surface area contributed by atoms with Crippen LogP contribution >= 0.6 is 0 Å². The van der Waals surface area contributed by atoms with Crippen molar-refractivity contribution in [1.29, 1.82) is 5.26 Å². The number of hydrogen-bond acceptors (Lipinski definition) is 5. The minimum Gasteiger partial charge on any atom is -0.373 e. The van der Waals surface area contributed by atoms with Crippen molar-refractivity contribution < 1.29 is 14.1 Å². The summed E-state index contributed by atoms with van der Waals surface area (Å²) in [6.45, 7) is 3.74. The predicted molar refractivity (Wildman–Crippen MR) is 71.4 cm³/mol. The summed E-state index contributed by atoms with van der Waals surface area (Å²) in [4.78, 5) is 11.7. The summed E-state index contributed by atoms with van der Waals surface area (Å²) in [6.07, 6.45) is -0.737. The molecule has 1 heterocycles. The molecule has 6 heteroatoms. The second-order valence-corrected chi connectivity index (χ2v) is 4.38. The summed E-state index contributed by atoms with van der Waals surface area (Å²) in [6, 6.07) is 10.8. The molecular weight excluding hydrogens is 258 g/mol. The summed E-state index contributed by atoms with van der Waals surface area (Å²) in [5.74, 6) is -0.187. The van der Waals surface area contributed by atoms with Crippen molar-refractivity contribution in [2.75, 3.05) is 5.32 Å². The Balaban J connectivity index is 2.11. The number of nitrogens with zero attached hydrogens (tertiary/aromatic N) is 2. The van der Waals surface area contributed by atoms with Crippen molar-refractivity contribution in [3.8, 4) is 12.0 Å². The number of anilines is 1. The van der Waals surface area contributed by atoms with E-state index in [2.05, 4.69) is 10.5 Å². The summed E-state index contributed by atoms with van der Waals surface area (Å²) >= 11 is 0. The van der Waals surface area contributed by atoms with Crippen LogP contribution in [0.1, 0.15) is 31.0 Å². The zero-order valence-corrected chi connectivity index (χ0v) is 11.1. The van der Waals surface area contributed by atoms with E-state index in [4.69, 9.17) is 14.5 Å². The standard InChI is InChI=1S/C14H13N3O3/c1-9(2)12-11(8-15)13(20-17-12)19-14(18)16-10-6-4-3-5-7-10/h3-7,9H,1-2H3,(H,16,18). The first-order valence-electron chi connectivity index (χ1n) is 6.05. The lowest BCUT2D eigenvalue weighted by atomic mass is 10.1. The van der Waals surface area contributed by atoms with Crippen LogP contribution < -0.4 is 10.1 Å². The van der Waals surface area contributed by atoms with Crippen LogP contribution in [-0.4, -0.2) is 11.2 Å². The maximum atomic E-state index is 11.7. The molecule has 20 heavy (non-hydrogen) atoms. The third-order valence-corrected chi connectivity index (χ3v) is 2.55. The predicted octanol–water partition coefficient (Wildman–Crippen LogP) is 3.28. The quantitative estimate of drug-likeness (QED) is 0.925. The SMILES string of the molecule is CC(C)c1noc(OC(=O)Nc2ccccc2)c1C#N. The average molecular weight is 271 g/mol. The smallest absolute Gasteiger partial charge is 0.373 e. The molecule has 1 aromatic heterocycles. The van der Waals surface area contributed by atoms with Crippen molar-refractivity contribution in [2.24, 2.45) is 0 Å². The number of nitrogens with one attached hydrogen (secondary N) is 1. The van der Waals surface area contributed by atoms with Crippen molar-refractivity contribution in [1.82, 2.24) is 5.16 Å². The average Bonchev–Trinajstić information content (AvgIpc) is 2.82. The van der Waals surface area contributed by atoms with Crippen LogP contribution in [0.4, 0.5) is 10.5 Å². The number of carbonyl (C=O) groups is 1. The van der Waals surface area contributed by atoms with E-state index in [1.807, 2.05) is 26.0 Å². The number of amides is 1. The molecule has 2 rings (SSSR count). The van der Waals surface area contributed by atoms with Gasteiger partial charge in [0.25, 0.3) is 0 Å². The summed E-state index contributed by atoms with van der Waals surface area (Å²) in [5.41, 5.74) is 1.19. The Hall–Kier alpha value is -2.81. The van der Waals surface area contributed by atoms with Gasteiger partial charge in [0.05, 0.1) is 0 Å². The molecule has 0 radical (unpaired) electrons. The van der Waals surface area contributed by atoms with E-state index in [1.54, 1.807) is 24.3 Å². The lowest BCUT2D eigenvalue weighted by Gasteiger charge is -2.03. The van der Waals surface area contributed by atoms with Crippen molar-refractivity contribution >= 4 is 11.8 Å². The first-order chi connectivity index (χ1) is 9.61. The van der Waals surface area contributed by atoms with Gasteiger partial charge in [-0.15, -0.1) is 0 Å². The first kappa shape index (κ1) is 13.6. The molecule has 102 valence electrons. The van der Waals surface area contributed by atoms with Gasteiger partial charge in [0.2, 0.25) is 0 Å². The molecular formula is C14H13N3O3. The van der Waals surface area contributed by atoms with Gasteiger partial charge in [-0.1, -0.05) is 37.2 Å². The highest BCUT2D eigenvalue weighted by Gasteiger charge is 2.21. The second kappa shape index (κ2) is 5.89. The van der Waals surface area contributed by atoms with Gasteiger partial charge in [-0.25, -0.2) is 4.79 Å². The number of carbonyl (C=O) groups excluding carboxylic acids is 1. The first-order valence-corrected chi connectivity index (χ1v) is 6.05. The molecule has 1 N–H and O–H groups in total. The second-order valence-electron chi connectivity index (χ2n) is 4.38. The highest BCUT2D eigenvalue weighted by molar-refractivity contribution is 5.86. The van der Waals surface area contributed by atoms with E-state index in [0.29, 0.717) is 11.4 Å². The summed E-state index contributed by atoms with van der Waals surface area (Å²) in [7, 11) is 0. The van der Waals surface area contributed by atoms with Gasteiger partial charge >= 0.3 is 12.0 Å². The van der Waals surface area contributed by atoms with Gasteiger partial charge in [-0.2, -0.15) is 5.26 Å². The molecule has 6 nitrogen and oxygen atoms in total. The lowest BCUT2D eigenvalue weighted by molar-refractivity contribution is 0.194. The molecule has 1 aromatic carbocycles. The Bertz CT molecular complexity index is 641. The van der Waals surface area contributed by atoms with Crippen LogP contribution in [0.15, 0.2) is 34.9 Å². The third-order valence-electron chi connectivity index (χ3n) is 2.55. The number of hydrogen-bond donors (Lipinski definition) is 1. The molecule has 2 aromatic rings. The van der Waals surface area contributed by atoms with Gasteiger partial charge in [0.1, 0.15) is 11.8 Å². The molecule has 0 aliphatic rings. The van der Waals surface area contributed by atoms with Gasteiger partial charge in [-0.3, -0.25) is 5.32 Å². The normalized spacial score (nSPS) is 10.1. The number of para-hydroxylation sites is 1. The molecule has 0 spiro atoms. The van der Waals surface area contributed by atoms with Crippen LogP contribution in [0.5, 0.6) is 5.95 Å². The number of rotatable bonds is 3. The highest BCUT2D eigenvalue weighted by atomic mass is 16.7. The van der Waals surface area contributed by atoms with Crippen LogP contribution in [0.3, 0.4) is 0 Å².